The van der Waals surface area contributed by atoms with Crippen LogP contribution in [0, 0.1) is 6.92 Å². The van der Waals surface area contributed by atoms with Crippen molar-refractivity contribution in [2.24, 2.45) is 0 Å². The number of para-hydroxylation sites is 1. The predicted molar refractivity (Wildman–Crippen MR) is 105 cm³/mol. The Labute approximate surface area is 166 Å². The minimum Gasteiger partial charge on any atom is -0.482 e. The van der Waals surface area contributed by atoms with Gasteiger partial charge in [0.15, 0.2) is 19.0 Å². The highest BCUT2D eigenvalue weighted by molar-refractivity contribution is 6.31. The van der Waals surface area contributed by atoms with Gasteiger partial charge < -0.3 is 20.5 Å². The number of rotatable bonds is 7. The van der Waals surface area contributed by atoms with E-state index in [0.717, 1.165) is 11.3 Å². The second-order valence-electron chi connectivity index (χ2n) is 5.78. The van der Waals surface area contributed by atoms with Gasteiger partial charge in [-0.05, 0) is 42.8 Å². The number of aryl methyl sites for hydroxylation is 1. The maximum absolute atomic E-state index is 11.9. The lowest BCUT2D eigenvalue weighted by Crippen LogP contribution is -2.16. The van der Waals surface area contributed by atoms with E-state index in [4.69, 9.17) is 26.8 Å². The standard InChI is InChI=1S/C19H18ClN5O3/c1-12-9-14(7-8-15(12)20)27-11-17(26)28-10-16-23-18(21)25-19(24-16)22-13-5-3-2-4-6-13/h2-9H,10-11H2,1H3,(H3,21,22,23,24,25). The van der Waals surface area contributed by atoms with Crippen molar-refractivity contribution in [2.75, 3.05) is 17.7 Å². The van der Waals surface area contributed by atoms with Crippen LogP contribution in [0.4, 0.5) is 17.6 Å². The van der Waals surface area contributed by atoms with Gasteiger partial charge in [-0.1, -0.05) is 29.8 Å². The van der Waals surface area contributed by atoms with Crippen LogP contribution in [0.25, 0.3) is 0 Å². The van der Waals surface area contributed by atoms with E-state index in [9.17, 15) is 4.79 Å². The predicted octanol–water partition coefficient (Wildman–Crippen LogP) is 3.28. The second-order valence-corrected chi connectivity index (χ2v) is 6.19. The minimum atomic E-state index is -0.566. The summed E-state index contributed by atoms with van der Waals surface area (Å²) >= 11 is 5.96. The Morgan fingerprint density at radius 2 is 1.93 bits per heavy atom. The number of carbonyl (C=O) groups excluding carboxylic acids is 1. The average molecular weight is 400 g/mol. The van der Waals surface area contributed by atoms with E-state index in [-0.39, 0.29) is 30.9 Å². The first-order valence-corrected chi connectivity index (χ1v) is 8.74. The van der Waals surface area contributed by atoms with Crippen LogP contribution in [-0.4, -0.2) is 27.5 Å². The van der Waals surface area contributed by atoms with Crippen molar-refractivity contribution in [2.45, 2.75) is 13.5 Å². The van der Waals surface area contributed by atoms with Crippen molar-refractivity contribution in [1.82, 2.24) is 15.0 Å². The third-order valence-corrected chi connectivity index (χ3v) is 4.00. The third-order valence-electron chi connectivity index (χ3n) is 3.58. The summed E-state index contributed by atoms with van der Waals surface area (Å²) < 4.78 is 10.5. The Morgan fingerprint density at radius 3 is 2.68 bits per heavy atom. The molecule has 8 nitrogen and oxygen atoms in total. The zero-order chi connectivity index (χ0) is 19.9. The molecule has 9 heteroatoms. The number of hydrogen-bond acceptors (Lipinski definition) is 8. The molecule has 0 aliphatic rings. The molecule has 1 heterocycles. The number of nitrogens with zero attached hydrogens (tertiary/aromatic N) is 3. The van der Waals surface area contributed by atoms with E-state index in [2.05, 4.69) is 20.3 Å². The summed E-state index contributed by atoms with van der Waals surface area (Å²) in [6.07, 6.45) is 0. The smallest absolute Gasteiger partial charge is 0.344 e. The fourth-order valence-electron chi connectivity index (χ4n) is 2.24. The number of aromatic nitrogens is 3. The van der Waals surface area contributed by atoms with Crippen molar-refractivity contribution in [3.8, 4) is 5.75 Å². The zero-order valence-corrected chi connectivity index (χ0v) is 15.8. The Kier molecular flexibility index (Phi) is 6.23. The number of benzene rings is 2. The maximum atomic E-state index is 11.9. The highest BCUT2D eigenvalue weighted by Crippen LogP contribution is 2.21. The molecule has 0 saturated carbocycles. The van der Waals surface area contributed by atoms with Crippen molar-refractivity contribution in [3.63, 3.8) is 0 Å². The monoisotopic (exact) mass is 399 g/mol. The highest BCUT2D eigenvalue weighted by atomic mass is 35.5. The topological polar surface area (TPSA) is 112 Å². The Morgan fingerprint density at radius 1 is 1.14 bits per heavy atom. The quantitative estimate of drug-likeness (QED) is 0.582. The van der Waals surface area contributed by atoms with Crippen LogP contribution in [0.2, 0.25) is 5.02 Å². The number of nitrogens with two attached hydrogens (primary N) is 1. The van der Waals surface area contributed by atoms with Gasteiger partial charge in [0.1, 0.15) is 5.75 Å². The van der Waals surface area contributed by atoms with Gasteiger partial charge in [-0.15, -0.1) is 0 Å². The number of carbonyl (C=O) groups is 1. The molecule has 28 heavy (non-hydrogen) atoms. The average Bonchev–Trinajstić information content (AvgIpc) is 2.68. The van der Waals surface area contributed by atoms with Crippen LogP contribution in [0.1, 0.15) is 11.4 Å². The lowest BCUT2D eigenvalue weighted by atomic mass is 10.2. The molecule has 0 aliphatic carbocycles. The Hall–Kier alpha value is -3.39. The summed E-state index contributed by atoms with van der Waals surface area (Å²) in [6, 6.07) is 14.5. The summed E-state index contributed by atoms with van der Waals surface area (Å²) in [4.78, 5) is 24.1. The van der Waals surface area contributed by atoms with Gasteiger partial charge in [0.25, 0.3) is 0 Å². The first-order chi connectivity index (χ1) is 13.5. The van der Waals surface area contributed by atoms with Gasteiger partial charge in [-0.2, -0.15) is 15.0 Å². The SMILES string of the molecule is Cc1cc(OCC(=O)OCc2nc(N)nc(Nc3ccccc3)n2)ccc1Cl. The summed E-state index contributed by atoms with van der Waals surface area (Å²) in [5.41, 5.74) is 7.35. The third kappa shape index (κ3) is 5.55. The number of halogens is 1. The number of nitrogen functional groups attached to an aromatic ring is 1. The maximum Gasteiger partial charge on any atom is 0.344 e. The van der Waals surface area contributed by atoms with Crippen LogP contribution < -0.4 is 15.8 Å². The van der Waals surface area contributed by atoms with E-state index >= 15 is 0 Å². The van der Waals surface area contributed by atoms with E-state index in [1.165, 1.54) is 0 Å². The van der Waals surface area contributed by atoms with E-state index in [1.807, 2.05) is 37.3 Å². The van der Waals surface area contributed by atoms with Crippen LogP contribution >= 0.6 is 11.6 Å². The number of nitrogens with one attached hydrogen (secondary N) is 1. The van der Waals surface area contributed by atoms with Crippen molar-refractivity contribution in [3.05, 3.63) is 64.9 Å². The molecular weight excluding hydrogens is 382 g/mol. The molecule has 0 bridgehead atoms. The van der Waals surface area contributed by atoms with Gasteiger partial charge in [0.2, 0.25) is 11.9 Å². The van der Waals surface area contributed by atoms with E-state index < -0.39 is 5.97 Å². The van der Waals surface area contributed by atoms with Crippen molar-refractivity contribution < 1.29 is 14.3 Å². The van der Waals surface area contributed by atoms with Gasteiger partial charge in [0, 0.05) is 10.7 Å². The normalized spacial score (nSPS) is 10.4. The van der Waals surface area contributed by atoms with Crippen LogP contribution in [-0.2, 0) is 16.1 Å². The molecule has 144 valence electrons. The molecule has 1 aromatic heterocycles. The van der Waals surface area contributed by atoms with Gasteiger partial charge in [0.05, 0.1) is 0 Å². The number of hydrogen-bond donors (Lipinski definition) is 2. The lowest BCUT2D eigenvalue weighted by molar-refractivity contribution is -0.147. The molecule has 0 atom stereocenters. The van der Waals surface area contributed by atoms with Crippen LogP contribution in [0.5, 0.6) is 5.75 Å². The van der Waals surface area contributed by atoms with E-state index in [0.29, 0.717) is 10.8 Å². The Bertz CT molecular complexity index is 969. The van der Waals surface area contributed by atoms with Gasteiger partial charge in [-0.25, -0.2) is 4.79 Å². The molecule has 0 fully saturated rings. The first-order valence-electron chi connectivity index (χ1n) is 8.36. The lowest BCUT2D eigenvalue weighted by Gasteiger charge is -2.09. The van der Waals surface area contributed by atoms with E-state index in [1.54, 1.807) is 18.2 Å². The first kappa shape index (κ1) is 19.4. The Balaban J connectivity index is 1.54. The summed E-state index contributed by atoms with van der Waals surface area (Å²) in [5, 5.41) is 3.64. The largest absolute Gasteiger partial charge is 0.482 e. The summed E-state index contributed by atoms with van der Waals surface area (Å²) in [7, 11) is 0. The highest BCUT2D eigenvalue weighted by Gasteiger charge is 2.10. The molecule has 0 saturated heterocycles. The molecule has 0 aliphatic heterocycles. The molecule has 0 amide bonds. The van der Waals surface area contributed by atoms with Crippen LogP contribution in [0.3, 0.4) is 0 Å². The molecule has 0 unspecified atom stereocenters. The number of ether oxygens (including phenoxy) is 2. The molecule has 3 N–H and O–H groups in total. The minimum absolute atomic E-state index is 0.0207. The molecular formula is C19H18ClN5O3. The van der Waals surface area contributed by atoms with Gasteiger partial charge >= 0.3 is 5.97 Å². The number of esters is 1. The molecule has 2 aromatic carbocycles. The molecule has 0 radical (unpaired) electrons. The van der Waals surface area contributed by atoms with Crippen molar-refractivity contribution >= 4 is 35.2 Å². The molecule has 3 aromatic rings. The summed E-state index contributed by atoms with van der Waals surface area (Å²) in [6.45, 7) is 1.44. The summed E-state index contributed by atoms with van der Waals surface area (Å²) in [5.74, 6) is 0.466. The fourth-order valence-corrected chi connectivity index (χ4v) is 2.36. The zero-order valence-electron chi connectivity index (χ0n) is 15.1. The molecule has 0 spiro atoms. The molecule has 3 rings (SSSR count). The van der Waals surface area contributed by atoms with Crippen molar-refractivity contribution in [1.29, 1.82) is 0 Å². The van der Waals surface area contributed by atoms with Crippen LogP contribution in [0.15, 0.2) is 48.5 Å². The second kappa shape index (κ2) is 9.01. The van der Waals surface area contributed by atoms with Gasteiger partial charge in [-0.3, -0.25) is 0 Å². The fraction of sp³-hybridized carbons (Fsp3) is 0.158. The number of anilines is 3.